The fourth-order valence-corrected chi connectivity index (χ4v) is 4.50. The summed E-state index contributed by atoms with van der Waals surface area (Å²) < 4.78 is 0. The zero-order chi connectivity index (χ0) is 18.4. The normalized spacial score (nSPS) is 14.2. The van der Waals surface area contributed by atoms with Crippen molar-refractivity contribution < 1.29 is 5.11 Å². The zero-order valence-electron chi connectivity index (χ0n) is 15.7. The lowest BCUT2D eigenvalue weighted by molar-refractivity contribution is 0.473. The van der Waals surface area contributed by atoms with E-state index in [0.717, 1.165) is 38.3 Å². The summed E-state index contributed by atoms with van der Waals surface area (Å²) in [4.78, 5) is 12.8. The van der Waals surface area contributed by atoms with E-state index in [0.29, 0.717) is 5.75 Å². The summed E-state index contributed by atoms with van der Waals surface area (Å²) in [5.41, 5.74) is 2.56. The van der Waals surface area contributed by atoms with E-state index in [9.17, 15) is 5.11 Å². The number of nitrogens with zero attached hydrogens (tertiary/aromatic N) is 3. The van der Waals surface area contributed by atoms with Crippen molar-refractivity contribution in [1.82, 2.24) is 15.2 Å². The molecule has 2 N–H and O–H groups in total. The highest BCUT2D eigenvalue weighted by Crippen LogP contribution is 2.27. The number of hydrogen-bond donors (Lipinski definition) is 2. The predicted octanol–water partition coefficient (Wildman–Crippen LogP) is 3.37. The molecule has 5 nitrogen and oxygen atoms in total. The Kier molecular flexibility index (Phi) is 6.50. The van der Waals surface area contributed by atoms with E-state index in [-0.39, 0.29) is 0 Å². The van der Waals surface area contributed by atoms with Crippen molar-refractivity contribution >= 4 is 17.3 Å². The molecule has 2 aromatic rings. The maximum absolute atomic E-state index is 9.33. The van der Waals surface area contributed by atoms with Gasteiger partial charge in [0.2, 0.25) is 0 Å². The van der Waals surface area contributed by atoms with Gasteiger partial charge in [0.1, 0.15) is 10.8 Å². The van der Waals surface area contributed by atoms with E-state index >= 15 is 0 Å². The van der Waals surface area contributed by atoms with Crippen molar-refractivity contribution in [1.29, 1.82) is 0 Å². The molecule has 3 rings (SSSR count). The molecule has 0 spiro atoms. The fourth-order valence-electron chi connectivity index (χ4n) is 3.29. The molecule has 0 bridgehead atoms. The molecule has 0 saturated carbocycles. The molecule has 0 unspecified atom stereocenters. The van der Waals surface area contributed by atoms with Gasteiger partial charge in [-0.3, -0.25) is 4.99 Å². The maximum Gasteiger partial charge on any atom is 0.193 e. The minimum atomic E-state index is 0.317. The molecule has 0 fully saturated rings. The number of phenols is 1. The summed E-state index contributed by atoms with van der Waals surface area (Å²) in [7, 11) is 3.89. The van der Waals surface area contributed by atoms with Crippen molar-refractivity contribution in [2.24, 2.45) is 4.99 Å². The van der Waals surface area contributed by atoms with E-state index in [4.69, 9.17) is 4.98 Å². The molecule has 0 amide bonds. The second kappa shape index (κ2) is 9.03. The third kappa shape index (κ3) is 4.97. The first-order valence-electron chi connectivity index (χ1n) is 9.33. The molecule has 140 valence electrons. The minimum absolute atomic E-state index is 0.317. The summed E-state index contributed by atoms with van der Waals surface area (Å²) >= 11 is 1.86. The Morgan fingerprint density at radius 1 is 1.27 bits per heavy atom. The van der Waals surface area contributed by atoms with E-state index < -0.39 is 0 Å². The Labute approximate surface area is 159 Å². The lowest BCUT2D eigenvalue weighted by atomic mass is 10.0. The minimum Gasteiger partial charge on any atom is -0.508 e. The third-order valence-electron chi connectivity index (χ3n) is 4.70. The van der Waals surface area contributed by atoms with Crippen LogP contribution in [-0.2, 0) is 25.8 Å². The second-order valence-electron chi connectivity index (χ2n) is 6.78. The van der Waals surface area contributed by atoms with Gasteiger partial charge in [0.15, 0.2) is 5.96 Å². The molecule has 1 aliphatic carbocycles. The van der Waals surface area contributed by atoms with Crippen LogP contribution >= 0.6 is 11.3 Å². The molecule has 0 saturated heterocycles. The highest BCUT2D eigenvalue weighted by atomic mass is 32.1. The van der Waals surface area contributed by atoms with Gasteiger partial charge in [0, 0.05) is 25.5 Å². The Hall–Kier alpha value is -2.08. The van der Waals surface area contributed by atoms with Crippen LogP contribution in [0.25, 0.3) is 0 Å². The number of aryl methyl sites for hydroxylation is 3. The van der Waals surface area contributed by atoms with Gasteiger partial charge in [0.25, 0.3) is 0 Å². The quantitative estimate of drug-likeness (QED) is 0.464. The summed E-state index contributed by atoms with van der Waals surface area (Å²) in [5, 5.41) is 14.0. The number of thiazole rings is 1. The highest BCUT2D eigenvalue weighted by molar-refractivity contribution is 7.11. The number of aliphatic imine (C=N–C) groups is 1. The van der Waals surface area contributed by atoms with Crippen LogP contribution in [0.2, 0.25) is 0 Å². The van der Waals surface area contributed by atoms with Gasteiger partial charge < -0.3 is 15.3 Å². The van der Waals surface area contributed by atoms with Crippen LogP contribution in [0.15, 0.2) is 29.3 Å². The topological polar surface area (TPSA) is 60.8 Å². The SMILES string of the molecule is CN=C(NCCCc1ccc(O)cc1)N(C)Cc1nc2c(s1)CCCC2. The van der Waals surface area contributed by atoms with Crippen LogP contribution in [0, 0.1) is 0 Å². The lowest BCUT2D eigenvalue weighted by Crippen LogP contribution is -2.39. The van der Waals surface area contributed by atoms with Gasteiger partial charge in [-0.05, 0) is 56.2 Å². The van der Waals surface area contributed by atoms with Crippen molar-refractivity contribution in [2.75, 3.05) is 20.6 Å². The number of fused-ring (bicyclic) bond motifs is 1. The maximum atomic E-state index is 9.33. The number of benzene rings is 1. The standard InChI is InChI=1S/C20H28N4OS/c1-21-20(22-13-5-6-15-9-11-16(25)12-10-15)24(2)14-19-23-17-7-3-4-8-18(17)26-19/h9-12,25H,3-8,13-14H2,1-2H3,(H,21,22). The summed E-state index contributed by atoms with van der Waals surface area (Å²) in [6.07, 6.45) is 6.90. The van der Waals surface area contributed by atoms with Crippen LogP contribution in [0.1, 0.15) is 40.4 Å². The average Bonchev–Trinajstić information content (AvgIpc) is 3.05. The average molecular weight is 373 g/mol. The molecular weight excluding hydrogens is 344 g/mol. The molecule has 26 heavy (non-hydrogen) atoms. The molecule has 1 aliphatic rings. The number of hydrogen-bond acceptors (Lipinski definition) is 4. The first-order valence-corrected chi connectivity index (χ1v) is 10.1. The van der Waals surface area contributed by atoms with E-state index in [2.05, 4.69) is 22.3 Å². The van der Waals surface area contributed by atoms with Crippen molar-refractivity contribution in [3.05, 3.63) is 45.4 Å². The number of guanidine groups is 1. The number of aromatic nitrogens is 1. The number of nitrogens with one attached hydrogen (secondary N) is 1. The van der Waals surface area contributed by atoms with E-state index in [1.165, 1.54) is 40.4 Å². The monoisotopic (exact) mass is 372 g/mol. The van der Waals surface area contributed by atoms with Gasteiger partial charge in [-0.25, -0.2) is 4.98 Å². The van der Waals surface area contributed by atoms with Crippen LogP contribution in [-0.4, -0.2) is 41.6 Å². The van der Waals surface area contributed by atoms with Gasteiger partial charge in [-0.2, -0.15) is 0 Å². The molecule has 0 atom stereocenters. The first kappa shape index (κ1) is 18.7. The third-order valence-corrected chi connectivity index (χ3v) is 5.84. The molecule has 6 heteroatoms. The second-order valence-corrected chi connectivity index (χ2v) is 7.95. The molecular formula is C20H28N4OS. The number of rotatable bonds is 6. The molecule has 1 heterocycles. The Bertz CT molecular complexity index is 715. The Balaban J connectivity index is 1.45. The van der Waals surface area contributed by atoms with Crippen molar-refractivity contribution in [3.8, 4) is 5.75 Å². The van der Waals surface area contributed by atoms with Crippen LogP contribution < -0.4 is 5.32 Å². The lowest BCUT2D eigenvalue weighted by Gasteiger charge is -2.21. The van der Waals surface area contributed by atoms with Gasteiger partial charge in [-0.1, -0.05) is 12.1 Å². The highest BCUT2D eigenvalue weighted by Gasteiger charge is 2.16. The predicted molar refractivity (Wildman–Crippen MR) is 108 cm³/mol. The van der Waals surface area contributed by atoms with Crippen LogP contribution in [0.3, 0.4) is 0 Å². The number of phenolic OH excluding ortho intramolecular Hbond substituents is 1. The van der Waals surface area contributed by atoms with Crippen LogP contribution in [0.5, 0.6) is 5.75 Å². The Morgan fingerprint density at radius 3 is 2.77 bits per heavy atom. The molecule has 1 aromatic carbocycles. The largest absolute Gasteiger partial charge is 0.508 e. The molecule has 0 aliphatic heterocycles. The smallest absolute Gasteiger partial charge is 0.193 e. The number of aromatic hydroxyl groups is 1. The van der Waals surface area contributed by atoms with E-state index in [1.54, 1.807) is 12.1 Å². The molecule has 1 aromatic heterocycles. The van der Waals surface area contributed by atoms with E-state index in [1.807, 2.05) is 30.5 Å². The van der Waals surface area contributed by atoms with Crippen LogP contribution in [0.4, 0.5) is 0 Å². The molecule has 0 radical (unpaired) electrons. The van der Waals surface area contributed by atoms with Crippen molar-refractivity contribution in [3.63, 3.8) is 0 Å². The summed E-state index contributed by atoms with van der Waals surface area (Å²) in [5.74, 6) is 1.22. The first-order chi connectivity index (χ1) is 12.7. The van der Waals surface area contributed by atoms with Gasteiger partial charge >= 0.3 is 0 Å². The summed E-state index contributed by atoms with van der Waals surface area (Å²) in [6, 6.07) is 7.42. The van der Waals surface area contributed by atoms with Crippen molar-refractivity contribution in [2.45, 2.75) is 45.1 Å². The Morgan fingerprint density at radius 2 is 2.04 bits per heavy atom. The zero-order valence-corrected chi connectivity index (χ0v) is 16.5. The summed E-state index contributed by atoms with van der Waals surface area (Å²) in [6.45, 7) is 1.67. The van der Waals surface area contributed by atoms with Gasteiger partial charge in [0.05, 0.1) is 12.2 Å². The van der Waals surface area contributed by atoms with Gasteiger partial charge in [-0.15, -0.1) is 11.3 Å². The fraction of sp³-hybridized carbons (Fsp3) is 0.500.